The number of phenolic OH excluding ortho intramolecular Hbond substituents is 1. The van der Waals surface area contributed by atoms with Crippen LogP contribution in [0.3, 0.4) is 0 Å². The minimum absolute atomic E-state index is 0.0829. The lowest BCUT2D eigenvalue weighted by Gasteiger charge is -2.11. The van der Waals surface area contributed by atoms with Gasteiger partial charge in [0.1, 0.15) is 5.57 Å². The van der Waals surface area contributed by atoms with Crippen molar-refractivity contribution in [2.75, 3.05) is 20.8 Å². The van der Waals surface area contributed by atoms with E-state index in [0.29, 0.717) is 5.56 Å². The number of carbonyl (C=O) groups is 2. The van der Waals surface area contributed by atoms with Crippen LogP contribution >= 0.6 is 0 Å². The molecule has 0 aliphatic carbocycles. The van der Waals surface area contributed by atoms with E-state index in [9.17, 15) is 14.7 Å². The first-order valence-corrected chi connectivity index (χ1v) is 7.14. The summed E-state index contributed by atoms with van der Waals surface area (Å²) in [6.45, 7) is 5.32. The third-order valence-electron chi connectivity index (χ3n) is 2.96. The van der Waals surface area contributed by atoms with Gasteiger partial charge in [0.25, 0.3) is 0 Å². The van der Waals surface area contributed by atoms with E-state index in [1.54, 1.807) is 0 Å². The minimum Gasteiger partial charge on any atom is -0.502 e. The van der Waals surface area contributed by atoms with Crippen LogP contribution in [-0.4, -0.2) is 37.7 Å². The predicted molar refractivity (Wildman–Crippen MR) is 85.7 cm³/mol. The standard InChI is InChI=1S/C17H22O6/c1-10(2)9-23-17(20)13(11(3)18)6-12-7-14(21-4)16(19)15(8-12)22-5/h6-8,10,19H,9H2,1-5H3. The van der Waals surface area contributed by atoms with Crippen LogP contribution in [-0.2, 0) is 14.3 Å². The number of Topliss-reactive ketones (excluding diaryl/α,β-unsaturated/α-hetero) is 1. The van der Waals surface area contributed by atoms with E-state index in [1.165, 1.54) is 39.4 Å². The van der Waals surface area contributed by atoms with Gasteiger partial charge in [-0.25, -0.2) is 4.79 Å². The van der Waals surface area contributed by atoms with Crippen molar-refractivity contribution in [3.05, 3.63) is 23.3 Å². The summed E-state index contributed by atoms with van der Waals surface area (Å²) in [7, 11) is 2.79. The normalized spacial score (nSPS) is 11.3. The Balaban J connectivity index is 3.22. The molecule has 0 amide bonds. The molecule has 1 aromatic carbocycles. The molecule has 1 aromatic rings. The highest BCUT2D eigenvalue weighted by Gasteiger charge is 2.18. The number of rotatable bonds is 7. The lowest BCUT2D eigenvalue weighted by molar-refractivity contribution is -0.141. The van der Waals surface area contributed by atoms with Gasteiger partial charge in [-0.15, -0.1) is 0 Å². The van der Waals surface area contributed by atoms with Crippen LogP contribution in [0.15, 0.2) is 17.7 Å². The average molecular weight is 322 g/mol. The third kappa shape index (κ3) is 5.02. The predicted octanol–water partition coefficient (Wildman–Crippen LogP) is 2.58. The van der Waals surface area contributed by atoms with Crippen molar-refractivity contribution >= 4 is 17.8 Å². The van der Waals surface area contributed by atoms with Crippen LogP contribution in [0, 0.1) is 5.92 Å². The monoisotopic (exact) mass is 322 g/mol. The van der Waals surface area contributed by atoms with E-state index in [2.05, 4.69) is 0 Å². The third-order valence-corrected chi connectivity index (χ3v) is 2.96. The van der Waals surface area contributed by atoms with Crippen LogP contribution in [0.25, 0.3) is 6.08 Å². The summed E-state index contributed by atoms with van der Waals surface area (Å²) >= 11 is 0. The van der Waals surface area contributed by atoms with Crippen LogP contribution in [0.2, 0.25) is 0 Å². The number of hydrogen-bond donors (Lipinski definition) is 1. The van der Waals surface area contributed by atoms with E-state index in [1.807, 2.05) is 13.8 Å². The van der Waals surface area contributed by atoms with Crippen molar-refractivity contribution in [1.29, 1.82) is 0 Å². The highest BCUT2D eigenvalue weighted by atomic mass is 16.5. The van der Waals surface area contributed by atoms with E-state index in [-0.39, 0.29) is 35.3 Å². The second-order valence-corrected chi connectivity index (χ2v) is 5.38. The molecule has 0 saturated heterocycles. The number of benzene rings is 1. The fraction of sp³-hybridized carbons (Fsp3) is 0.412. The first-order chi connectivity index (χ1) is 10.8. The number of phenols is 1. The van der Waals surface area contributed by atoms with Crippen molar-refractivity contribution in [3.63, 3.8) is 0 Å². The minimum atomic E-state index is -0.683. The Morgan fingerprint density at radius 1 is 1.17 bits per heavy atom. The lowest BCUT2D eigenvalue weighted by atomic mass is 10.1. The number of methoxy groups -OCH3 is 2. The van der Waals surface area contributed by atoms with Gasteiger partial charge in [0.15, 0.2) is 17.3 Å². The number of ketones is 1. The van der Waals surface area contributed by atoms with Crippen LogP contribution in [0.1, 0.15) is 26.3 Å². The smallest absolute Gasteiger partial charge is 0.341 e. The molecule has 23 heavy (non-hydrogen) atoms. The Kier molecular flexibility index (Phi) is 6.63. The van der Waals surface area contributed by atoms with Crippen molar-refractivity contribution < 1.29 is 28.9 Å². The van der Waals surface area contributed by atoms with Gasteiger partial charge in [-0.3, -0.25) is 4.79 Å². The first-order valence-electron chi connectivity index (χ1n) is 7.14. The molecular formula is C17H22O6. The van der Waals surface area contributed by atoms with Crippen LogP contribution in [0.5, 0.6) is 17.2 Å². The van der Waals surface area contributed by atoms with Crippen molar-refractivity contribution in [2.45, 2.75) is 20.8 Å². The maximum atomic E-state index is 12.0. The van der Waals surface area contributed by atoms with Gasteiger partial charge in [0.05, 0.1) is 20.8 Å². The summed E-state index contributed by atoms with van der Waals surface area (Å²) in [5.41, 5.74) is 0.392. The van der Waals surface area contributed by atoms with Crippen molar-refractivity contribution in [3.8, 4) is 17.2 Å². The second kappa shape index (κ2) is 8.22. The molecule has 0 saturated carbocycles. The summed E-state index contributed by atoms with van der Waals surface area (Å²) in [5, 5.41) is 9.88. The molecule has 1 N–H and O–H groups in total. The van der Waals surface area contributed by atoms with Crippen molar-refractivity contribution in [1.82, 2.24) is 0 Å². The van der Waals surface area contributed by atoms with E-state index < -0.39 is 11.8 Å². The lowest BCUT2D eigenvalue weighted by Crippen LogP contribution is -2.16. The van der Waals surface area contributed by atoms with Crippen LogP contribution in [0.4, 0.5) is 0 Å². The molecule has 0 spiro atoms. The molecule has 1 rings (SSSR count). The average Bonchev–Trinajstić information content (AvgIpc) is 2.50. The molecule has 0 radical (unpaired) electrons. The van der Waals surface area contributed by atoms with E-state index in [4.69, 9.17) is 14.2 Å². The zero-order chi connectivity index (χ0) is 17.6. The summed E-state index contributed by atoms with van der Waals surface area (Å²) in [4.78, 5) is 23.8. The van der Waals surface area contributed by atoms with Crippen LogP contribution < -0.4 is 9.47 Å². The number of esters is 1. The first kappa shape index (κ1) is 18.5. The largest absolute Gasteiger partial charge is 0.502 e. The van der Waals surface area contributed by atoms with Gasteiger partial charge in [0, 0.05) is 0 Å². The van der Waals surface area contributed by atoms with E-state index in [0.717, 1.165) is 0 Å². The quantitative estimate of drug-likeness (QED) is 0.360. The Bertz CT molecular complexity index is 591. The Hall–Kier alpha value is -2.50. The molecule has 0 fully saturated rings. The maximum absolute atomic E-state index is 12.0. The molecular weight excluding hydrogens is 300 g/mol. The highest BCUT2D eigenvalue weighted by molar-refractivity contribution is 6.19. The Morgan fingerprint density at radius 2 is 1.70 bits per heavy atom. The molecule has 6 heteroatoms. The fourth-order valence-electron chi connectivity index (χ4n) is 1.79. The summed E-state index contributed by atoms with van der Waals surface area (Å²) in [6, 6.07) is 2.99. The molecule has 0 aromatic heterocycles. The number of hydrogen-bond acceptors (Lipinski definition) is 6. The highest BCUT2D eigenvalue weighted by Crippen LogP contribution is 2.37. The molecule has 0 aliphatic rings. The number of ether oxygens (including phenoxy) is 3. The fourth-order valence-corrected chi connectivity index (χ4v) is 1.79. The molecule has 126 valence electrons. The summed E-state index contributed by atoms with van der Waals surface area (Å²) < 4.78 is 15.2. The molecule has 0 aliphatic heterocycles. The van der Waals surface area contributed by atoms with Gasteiger partial charge in [-0.2, -0.15) is 0 Å². The van der Waals surface area contributed by atoms with Gasteiger partial charge in [-0.1, -0.05) is 13.8 Å². The van der Waals surface area contributed by atoms with E-state index >= 15 is 0 Å². The summed E-state index contributed by atoms with van der Waals surface area (Å²) in [6.07, 6.45) is 1.38. The van der Waals surface area contributed by atoms with Gasteiger partial charge in [0.2, 0.25) is 5.75 Å². The Labute approximate surface area is 135 Å². The van der Waals surface area contributed by atoms with Gasteiger partial charge in [-0.05, 0) is 36.6 Å². The molecule has 6 nitrogen and oxygen atoms in total. The molecule has 0 heterocycles. The van der Waals surface area contributed by atoms with Crippen molar-refractivity contribution in [2.24, 2.45) is 5.92 Å². The molecule has 0 unspecified atom stereocenters. The molecule has 0 bridgehead atoms. The molecule has 0 atom stereocenters. The Morgan fingerprint density at radius 3 is 2.09 bits per heavy atom. The van der Waals surface area contributed by atoms with Gasteiger partial charge < -0.3 is 19.3 Å². The summed E-state index contributed by atoms with van der Waals surface area (Å²) in [5.74, 6) is -0.731. The maximum Gasteiger partial charge on any atom is 0.341 e. The topological polar surface area (TPSA) is 82.1 Å². The zero-order valence-corrected chi connectivity index (χ0v) is 14.0. The number of aromatic hydroxyl groups is 1. The second-order valence-electron chi connectivity index (χ2n) is 5.38. The SMILES string of the molecule is COc1cc(C=C(C(C)=O)C(=O)OCC(C)C)cc(OC)c1O. The number of carbonyl (C=O) groups excluding carboxylic acids is 2. The van der Waals surface area contributed by atoms with Gasteiger partial charge >= 0.3 is 5.97 Å². The zero-order valence-electron chi connectivity index (χ0n) is 14.0.